The molecule has 0 N–H and O–H groups in total. The molecule has 0 radical (unpaired) electrons. The van der Waals surface area contributed by atoms with Gasteiger partial charge >= 0.3 is 5.97 Å². The van der Waals surface area contributed by atoms with Crippen molar-refractivity contribution < 1.29 is 14.3 Å². The predicted octanol–water partition coefficient (Wildman–Crippen LogP) is 6.89. The van der Waals surface area contributed by atoms with E-state index in [-0.39, 0.29) is 12.6 Å². The Kier molecular flexibility index (Phi) is 7.25. The topological polar surface area (TPSA) is 38.8 Å². The molecule has 2 unspecified atom stereocenters. The zero-order valence-corrected chi connectivity index (χ0v) is 20.3. The van der Waals surface area contributed by atoms with Crippen LogP contribution in [0, 0.1) is 0 Å². The molecule has 0 aromatic heterocycles. The molecule has 0 spiro atoms. The third kappa shape index (κ3) is 4.95. The second-order valence-corrected chi connectivity index (χ2v) is 8.64. The van der Waals surface area contributed by atoms with Gasteiger partial charge in [0, 0.05) is 11.4 Å². The van der Waals surface area contributed by atoms with Crippen LogP contribution >= 0.6 is 0 Å². The highest BCUT2D eigenvalue weighted by Gasteiger charge is 2.41. The van der Waals surface area contributed by atoms with Crippen molar-refractivity contribution in [2.24, 2.45) is 0 Å². The molecule has 4 aromatic rings. The predicted molar refractivity (Wildman–Crippen MR) is 144 cm³/mol. The molecule has 5 rings (SSSR count). The van der Waals surface area contributed by atoms with Gasteiger partial charge in [-0.25, -0.2) is 4.79 Å². The van der Waals surface area contributed by atoms with E-state index in [0.717, 1.165) is 33.6 Å². The summed E-state index contributed by atoms with van der Waals surface area (Å²) in [4.78, 5) is 15.7. The first-order valence-corrected chi connectivity index (χ1v) is 12.3. The van der Waals surface area contributed by atoms with Gasteiger partial charge in [-0.2, -0.15) is 0 Å². The molecule has 0 amide bonds. The Hall–Kier alpha value is -4.15. The zero-order chi connectivity index (χ0) is 24.7. The van der Waals surface area contributed by atoms with Crippen molar-refractivity contribution in [3.05, 3.63) is 138 Å². The Morgan fingerprint density at radius 1 is 0.806 bits per heavy atom. The molecule has 0 aliphatic carbocycles. The fourth-order valence-corrected chi connectivity index (χ4v) is 4.71. The Balaban J connectivity index is 1.66. The minimum atomic E-state index is -0.848. The number of para-hydroxylation sites is 1. The Labute approximate surface area is 212 Å². The zero-order valence-electron chi connectivity index (χ0n) is 20.3. The van der Waals surface area contributed by atoms with E-state index in [9.17, 15) is 4.79 Å². The average Bonchev–Trinajstić information content (AvgIpc) is 2.94. The number of rotatable bonds is 8. The lowest BCUT2D eigenvalue weighted by Crippen LogP contribution is -2.44. The maximum absolute atomic E-state index is 13.5. The SMILES string of the molecule is CCOC(=O)C(OCc1ccccc1)C1c2ccccc2C=C(c2ccccc2)N1c1ccccc1. The van der Waals surface area contributed by atoms with E-state index >= 15 is 0 Å². The van der Waals surface area contributed by atoms with E-state index < -0.39 is 12.1 Å². The molecule has 1 aliphatic rings. The molecular formula is C32H29NO3. The number of esters is 1. The van der Waals surface area contributed by atoms with Crippen molar-refractivity contribution in [1.29, 1.82) is 0 Å². The largest absolute Gasteiger partial charge is 0.464 e. The van der Waals surface area contributed by atoms with E-state index in [1.165, 1.54) is 0 Å². The molecule has 180 valence electrons. The minimum absolute atomic E-state index is 0.283. The second-order valence-electron chi connectivity index (χ2n) is 8.64. The second kappa shape index (κ2) is 11.1. The van der Waals surface area contributed by atoms with Gasteiger partial charge in [0.25, 0.3) is 0 Å². The lowest BCUT2D eigenvalue weighted by atomic mass is 9.88. The van der Waals surface area contributed by atoms with Gasteiger partial charge in [0.1, 0.15) is 0 Å². The number of carbonyl (C=O) groups is 1. The van der Waals surface area contributed by atoms with Crippen LogP contribution in [0.4, 0.5) is 5.69 Å². The normalized spacial score (nSPS) is 15.5. The molecule has 1 heterocycles. The summed E-state index contributed by atoms with van der Waals surface area (Å²) >= 11 is 0. The number of ether oxygens (including phenoxy) is 2. The molecule has 0 saturated heterocycles. The van der Waals surface area contributed by atoms with Gasteiger partial charge in [0.05, 0.1) is 19.3 Å². The Morgan fingerprint density at radius 3 is 2.11 bits per heavy atom. The third-order valence-corrected chi connectivity index (χ3v) is 6.33. The van der Waals surface area contributed by atoms with Crippen LogP contribution < -0.4 is 4.90 Å². The number of benzene rings is 4. The smallest absolute Gasteiger partial charge is 0.337 e. The van der Waals surface area contributed by atoms with Crippen molar-refractivity contribution in [2.75, 3.05) is 11.5 Å². The summed E-state index contributed by atoms with van der Waals surface area (Å²) in [6, 6.07) is 38.1. The molecule has 1 aliphatic heterocycles. The number of anilines is 1. The quantitative estimate of drug-likeness (QED) is 0.260. The van der Waals surface area contributed by atoms with Crippen molar-refractivity contribution in [2.45, 2.75) is 25.7 Å². The fourth-order valence-electron chi connectivity index (χ4n) is 4.71. The minimum Gasteiger partial charge on any atom is -0.464 e. The summed E-state index contributed by atoms with van der Waals surface area (Å²) < 4.78 is 12.0. The summed E-state index contributed by atoms with van der Waals surface area (Å²) in [7, 11) is 0. The first kappa shape index (κ1) is 23.6. The van der Waals surface area contributed by atoms with Gasteiger partial charge in [-0.1, -0.05) is 103 Å². The first-order valence-electron chi connectivity index (χ1n) is 12.3. The van der Waals surface area contributed by atoms with Crippen LogP contribution in [0.25, 0.3) is 11.8 Å². The number of hydrogen-bond donors (Lipinski definition) is 0. The van der Waals surface area contributed by atoms with Crippen molar-refractivity contribution >= 4 is 23.4 Å². The van der Waals surface area contributed by atoms with Crippen LogP contribution in [0.15, 0.2) is 115 Å². The van der Waals surface area contributed by atoms with Gasteiger partial charge in [0.2, 0.25) is 0 Å². The van der Waals surface area contributed by atoms with E-state index in [4.69, 9.17) is 9.47 Å². The highest BCUT2D eigenvalue weighted by atomic mass is 16.6. The molecule has 0 fully saturated rings. The molecule has 0 bridgehead atoms. The Bertz CT molecular complexity index is 1320. The molecule has 0 saturated carbocycles. The van der Waals surface area contributed by atoms with Gasteiger partial charge in [0.15, 0.2) is 6.10 Å². The third-order valence-electron chi connectivity index (χ3n) is 6.33. The molecular weight excluding hydrogens is 446 g/mol. The highest BCUT2D eigenvalue weighted by Crippen LogP contribution is 2.44. The standard InChI is InChI=1S/C32H29NO3/c1-2-35-32(34)31(36-23-24-14-6-3-7-15-24)30-28-21-13-12-18-26(28)22-29(25-16-8-4-9-17-25)33(30)27-19-10-5-11-20-27/h3-22,30-31H,2,23H2,1H3. The number of hydrogen-bond acceptors (Lipinski definition) is 4. The van der Waals surface area contributed by atoms with Crippen LogP contribution in [0.1, 0.15) is 35.2 Å². The van der Waals surface area contributed by atoms with Crippen LogP contribution in [0.3, 0.4) is 0 Å². The van der Waals surface area contributed by atoms with E-state index in [1.54, 1.807) is 0 Å². The van der Waals surface area contributed by atoms with E-state index in [2.05, 4.69) is 47.4 Å². The number of fused-ring (bicyclic) bond motifs is 1. The summed E-state index contributed by atoms with van der Waals surface area (Å²) in [6.07, 6.45) is 1.34. The van der Waals surface area contributed by atoms with E-state index in [0.29, 0.717) is 6.61 Å². The van der Waals surface area contributed by atoms with Crippen LogP contribution in [0.5, 0.6) is 0 Å². The number of carbonyl (C=O) groups excluding carboxylic acids is 1. The van der Waals surface area contributed by atoms with Gasteiger partial charge in [-0.15, -0.1) is 0 Å². The van der Waals surface area contributed by atoms with Crippen LogP contribution in [-0.2, 0) is 20.9 Å². The van der Waals surface area contributed by atoms with Crippen LogP contribution in [-0.4, -0.2) is 18.7 Å². The molecule has 4 nitrogen and oxygen atoms in total. The average molecular weight is 476 g/mol. The molecule has 4 aromatic carbocycles. The first-order chi connectivity index (χ1) is 17.8. The van der Waals surface area contributed by atoms with Crippen LogP contribution in [0.2, 0.25) is 0 Å². The summed E-state index contributed by atoms with van der Waals surface area (Å²) in [6.45, 7) is 2.41. The maximum Gasteiger partial charge on any atom is 0.337 e. The monoisotopic (exact) mass is 475 g/mol. The molecule has 36 heavy (non-hydrogen) atoms. The van der Waals surface area contributed by atoms with Gasteiger partial charge in [-0.05, 0) is 47.4 Å². The summed E-state index contributed by atoms with van der Waals surface area (Å²) in [5.74, 6) is -0.372. The molecule has 2 atom stereocenters. The lowest BCUT2D eigenvalue weighted by Gasteiger charge is -2.42. The maximum atomic E-state index is 13.5. The Morgan fingerprint density at radius 2 is 1.42 bits per heavy atom. The fraction of sp³-hybridized carbons (Fsp3) is 0.156. The van der Waals surface area contributed by atoms with Gasteiger partial charge < -0.3 is 14.4 Å². The van der Waals surface area contributed by atoms with Crippen molar-refractivity contribution in [3.63, 3.8) is 0 Å². The van der Waals surface area contributed by atoms with Gasteiger partial charge in [-0.3, -0.25) is 0 Å². The summed E-state index contributed by atoms with van der Waals surface area (Å²) in [5.41, 5.74) is 6.12. The lowest BCUT2D eigenvalue weighted by molar-refractivity contribution is -0.159. The highest BCUT2D eigenvalue weighted by molar-refractivity contribution is 5.95. The van der Waals surface area contributed by atoms with Crippen molar-refractivity contribution in [3.8, 4) is 0 Å². The van der Waals surface area contributed by atoms with E-state index in [1.807, 2.05) is 85.8 Å². The summed E-state index contributed by atoms with van der Waals surface area (Å²) in [5, 5.41) is 0. The molecule has 4 heteroatoms. The van der Waals surface area contributed by atoms with Crippen molar-refractivity contribution in [1.82, 2.24) is 0 Å². The number of nitrogens with zero attached hydrogens (tertiary/aromatic N) is 1.